The molecule has 2 N–H and O–H groups in total. The molecule has 6 heteroatoms. The van der Waals surface area contributed by atoms with E-state index in [9.17, 15) is 4.79 Å². The first-order chi connectivity index (χ1) is 7.78. The number of carboxylic acid groups (broad SMARTS) is 1. The SMILES string of the molecule is Cc1nsc(NCC(CC(C)(C)C)C(=O)O)n1. The molecule has 5 nitrogen and oxygen atoms in total. The molecule has 0 amide bonds. The molecule has 0 aromatic carbocycles. The Morgan fingerprint density at radius 1 is 1.53 bits per heavy atom. The van der Waals surface area contributed by atoms with Crippen LogP contribution in [0.3, 0.4) is 0 Å². The molecule has 1 aromatic rings. The second-order valence-electron chi connectivity index (χ2n) is 5.33. The molecule has 1 rings (SSSR count). The highest BCUT2D eigenvalue weighted by atomic mass is 32.1. The normalized spacial score (nSPS) is 13.4. The second kappa shape index (κ2) is 5.44. The fourth-order valence-corrected chi connectivity index (χ4v) is 2.15. The maximum atomic E-state index is 11.1. The fourth-order valence-electron chi connectivity index (χ4n) is 1.57. The Hall–Kier alpha value is -1.17. The molecule has 1 aromatic heterocycles. The number of nitrogens with one attached hydrogen (secondary N) is 1. The maximum Gasteiger partial charge on any atom is 0.308 e. The van der Waals surface area contributed by atoms with Gasteiger partial charge in [-0.05, 0) is 18.8 Å². The number of aromatic nitrogens is 2. The van der Waals surface area contributed by atoms with Crippen LogP contribution in [0.2, 0.25) is 0 Å². The number of hydrogen-bond donors (Lipinski definition) is 2. The molecular formula is C11H19N3O2S. The van der Waals surface area contributed by atoms with Gasteiger partial charge >= 0.3 is 5.97 Å². The van der Waals surface area contributed by atoms with Crippen LogP contribution >= 0.6 is 11.5 Å². The monoisotopic (exact) mass is 257 g/mol. The Kier molecular flexibility index (Phi) is 4.45. The third-order valence-corrected chi connectivity index (χ3v) is 3.00. The molecule has 0 aliphatic heterocycles. The smallest absolute Gasteiger partial charge is 0.308 e. The zero-order valence-electron chi connectivity index (χ0n) is 10.6. The van der Waals surface area contributed by atoms with Gasteiger partial charge in [0.25, 0.3) is 0 Å². The highest BCUT2D eigenvalue weighted by molar-refractivity contribution is 7.09. The van der Waals surface area contributed by atoms with Crippen LogP contribution in [0, 0.1) is 18.3 Å². The van der Waals surface area contributed by atoms with Crippen LogP contribution in [0.1, 0.15) is 33.0 Å². The predicted molar refractivity (Wildman–Crippen MR) is 68.3 cm³/mol. The lowest BCUT2D eigenvalue weighted by atomic mass is 9.84. The number of anilines is 1. The first-order valence-corrected chi connectivity index (χ1v) is 6.32. The van der Waals surface area contributed by atoms with Crippen LogP contribution in [-0.2, 0) is 4.79 Å². The van der Waals surface area contributed by atoms with Gasteiger partial charge in [-0.15, -0.1) is 0 Å². The van der Waals surface area contributed by atoms with Crippen LogP contribution in [0.4, 0.5) is 5.13 Å². The van der Waals surface area contributed by atoms with E-state index in [-0.39, 0.29) is 5.41 Å². The van der Waals surface area contributed by atoms with E-state index in [1.54, 1.807) is 0 Å². The first kappa shape index (κ1) is 13.9. The topological polar surface area (TPSA) is 75.1 Å². The second-order valence-corrected chi connectivity index (χ2v) is 6.08. The summed E-state index contributed by atoms with van der Waals surface area (Å²) in [5.74, 6) is -0.465. The molecule has 1 atom stereocenters. The molecular weight excluding hydrogens is 238 g/mol. The highest BCUT2D eigenvalue weighted by Crippen LogP contribution is 2.25. The number of nitrogens with zero attached hydrogens (tertiary/aromatic N) is 2. The van der Waals surface area contributed by atoms with Crippen LogP contribution in [0.25, 0.3) is 0 Å². The molecule has 0 bridgehead atoms. The van der Waals surface area contributed by atoms with Gasteiger partial charge in [0.15, 0.2) is 0 Å². The summed E-state index contributed by atoms with van der Waals surface area (Å²) >= 11 is 1.26. The highest BCUT2D eigenvalue weighted by Gasteiger charge is 2.24. The molecule has 0 saturated carbocycles. The zero-order chi connectivity index (χ0) is 13.1. The van der Waals surface area contributed by atoms with Gasteiger partial charge < -0.3 is 10.4 Å². The summed E-state index contributed by atoms with van der Waals surface area (Å²) in [5.41, 5.74) is 0.00177. The summed E-state index contributed by atoms with van der Waals surface area (Å²) < 4.78 is 4.03. The molecule has 0 aliphatic rings. The van der Waals surface area contributed by atoms with Gasteiger partial charge in [-0.1, -0.05) is 20.8 Å². The van der Waals surface area contributed by atoms with E-state index in [4.69, 9.17) is 5.11 Å². The van der Waals surface area contributed by atoms with E-state index in [0.29, 0.717) is 23.9 Å². The summed E-state index contributed by atoms with van der Waals surface area (Å²) in [5, 5.41) is 12.9. The zero-order valence-corrected chi connectivity index (χ0v) is 11.5. The lowest BCUT2D eigenvalue weighted by Gasteiger charge is -2.23. The minimum Gasteiger partial charge on any atom is -0.481 e. The number of hydrogen-bond acceptors (Lipinski definition) is 5. The summed E-state index contributed by atoms with van der Waals surface area (Å²) in [6, 6.07) is 0. The maximum absolute atomic E-state index is 11.1. The van der Waals surface area contributed by atoms with Gasteiger partial charge in [-0.3, -0.25) is 4.79 Å². The van der Waals surface area contributed by atoms with Crippen molar-refractivity contribution in [3.63, 3.8) is 0 Å². The van der Waals surface area contributed by atoms with Crippen LogP contribution < -0.4 is 5.32 Å². The molecule has 1 heterocycles. The van der Waals surface area contributed by atoms with Crippen molar-refractivity contribution in [3.05, 3.63) is 5.82 Å². The molecule has 0 aliphatic carbocycles. The van der Waals surface area contributed by atoms with Gasteiger partial charge in [0.1, 0.15) is 5.82 Å². The Balaban J connectivity index is 2.53. The largest absolute Gasteiger partial charge is 0.481 e. The number of carboxylic acids is 1. The number of rotatable bonds is 5. The number of aliphatic carboxylic acids is 1. The van der Waals surface area contributed by atoms with E-state index < -0.39 is 11.9 Å². The van der Waals surface area contributed by atoms with Crippen molar-refractivity contribution in [3.8, 4) is 0 Å². The number of carbonyl (C=O) groups is 1. The Bertz CT molecular complexity index is 384. The Morgan fingerprint density at radius 3 is 2.59 bits per heavy atom. The van der Waals surface area contributed by atoms with Gasteiger partial charge in [-0.25, -0.2) is 4.98 Å². The minimum absolute atomic E-state index is 0.00177. The Morgan fingerprint density at radius 2 is 2.18 bits per heavy atom. The standard InChI is InChI=1S/C11H19N3O2S/c1-7-13-10(17-14-7)12-6-8(9(15)16)5-11(2,3)4/h8H,5-6H2,1-4H3,(H,15,16)(H,12,13,14). The van der Waals surface area contributed by atoms with Gasteiger partial charge in [0.2, 0.25) is 5.13 Å². The average molecular weight is 257 g/mol. The van der Waals surface area contributed by atoms with E-state index in [1.165, 1.54) is 11.5 Å². The van der Waals surface area contributed by atoms with Crippen LogP contribution in [0.15, 0.2) is 0 Å². The summed E-state index contributed by atoms with van der Waals surface area (Å²) in [4.78, 5) is 15.3. The van der Waals surface area contributed by atoms with Crippen molar-refractivity contribution >= 4 is 22.6 Å². The average Bonchev–Trinajstić information content (AvgIpc) is 2.56. The lowest BCUT2D eigenvalue weighted by Crippen LogP contribution is -2.27. The van der Waals surface area contributed by atoms with Gasteiger partial charge in [-0.2, -0.15) is 4.37 Å². The molecule has 96 valence electrons. The van der Waals surface area contributed by atoms with E-state index in [2.05, 4.69) is 14.7 Å². The Labute approximate surface area is 105 Å². The summed E-state index contributed by atoms with van der Waals surface area (Å²) in [7, 11) is 0. The van der Waals surface area contributed by atoms with Crippen molar-refractivity contribution in [2.45, 2.75) is 34.1 Å². The molecule has 17 heavy (non-hydrogen) atoms. The van der Waals surface area contributed by atoms with E-state index in [1.807, 2.05) is 27.7 Å². The summed E-state index contributed by atoms with van der Waals surface area (Å²) in [6.07, 6.45) is 0.632. The molecule has 1 unspecified atom stereocenters. The lowest BCUT2D eigenvalue weighted by molar-refractivity contribution is -0.142. The quantitative estimate of drug-likeness (QED) is 0.847. The van der Waals surface area contributed by atoms with E-state index in [0.717, 1.165) is 0 Å². The van der Waals surface area contributed by atoms with Gasteiger partial charge in [0, 0.05) is 18.1 Å². The van der Waals surface area contributed by atoms with Crippen molar-refractivity contribution in [2.75, 3.05) is 11.9 Å². The molecule has 0 saturated heterocycles. The minimum atomic E-state index is -0.770. The van der Waals surface area contributed by atoms with Crippen LogP contribution in [0.5, 0.6) is 0 Å². The van der Waals surface area contributed by atoms with Gasteiger partial charge in [0.05, 0.1) is 5.92 Å². The van der Waals surface area contributed by atoms with Crippen molar-refractivity contribution in [1.82, 2.24) is 9.36 Å². The third kappa shape index (κ3) is 5.12. The third-order valence-electron chi connectivity index (χ3n) is 2.24. The fraction of sp³-hybridized carbons (Fsp3) is 0.727. The first-order valence-electron chi connectivity index (χ1n) is 5.55. The van der Waals surface area contributed by atoms with Crippen molar-refractivity contribution in [2.24, 2.45) is 11.3 Å². The van der Waals surface area contributed by atoms with Crippen molar-refractivity contribution < 1.29 is 9.90 Å². The number of aryl methyl sites for hydroxylation is 1. The summed E-state index contributed by atoms with van der Waals surface area (Å²) in [6.45, 7) is 8.32. The van der Waals surface area contributed by atoms with Crippen LogP contribution in [-0.4, -0.2) is 27.0 Å². The predicted octanol–water partition coefficient (Wildman–Crippen LogP) is 2.40. The molecule has 0 radical (unpaired) electrons. The molecule has 0 spiro atoms. The molecule has 0 fully saturated rings. The van der Waals surface area contributed by atoms with Crippen molar-refractivity contribution in [1.29, 1.82) is 0 Å². The van der Waals surface area contributed by atoms with E-state index >= 15 is 0 Å².